The smallest absolute Gasteiger partial charge is 0.243 e. The third-order valence-electron chi connectivity index (χ3n) is 2.77. The summed E-state index contributed by atoms with van der Waals surface area (Å²) in [6.45, 7) is 5.45. The first-order valence-electron chi connectivity index (χ1n) is 5.86. The molecule has 0 heterocycles. The first kappa shape index (κ1) is 15.5. The first-order chi connectivity index (χ1) is 8.82. The Labute approximate surface area is 113 Å². The lowest BCUT2D eigenvalue weighted by Crippen LogP contribution is -2.38. The van der Waals surface area contributed by atoms with Crippen LogP contribution in [0.5, 0.6) is 0 Å². The molecule has 0 aliphatic rings. The van der Waals surface area contributed by atoms with Crippen LogP contribution in [-0.4, -0.2) is 36.9 Å². The number of oxime groups is 1. The second-order valence-corrected chi connectivity index (χ2v) is 6.20. The van der Waals surface area contributed by atoms with Gasteiger partial charge in [0.2, 0.25) is 10.0 Å². The van der Waals surface area contributed by atoms with Crippen LogP contribution in [0.4, 0.5) is 0 Å². The minimum atomic E-state index is -3.64. The summed E-state index contributed by atoms with van der Waals surface area (Å²) in [6, 6.07) is 5.14. The van der Waals surface area contributed by atoms with E-state index in [4.69, 9.17) is 10.9 Å². The molecular weight excluding hydrogens is 266 g/mol. The van der Waals surface area contributed by atoms with E-state index in [0.717, 1.165) is 5.56 Å². The maximum Gasteiger partial charge on any atom is 0.243 e. The molecule has 0 aromatic heterocycles. The highest BCUT2D eigenvalue weighted by atomic mass is 32.2. The highest BCUT2D eigenvalue weighted by Gasteiger charge is 2.25. The summed E-state index contributed by atoms with van der Waals surface area (Å²) >= 11 is 0. The lowest BCUT2D eigenvalue weighted by molar-refractivity contribution is 0.315. The number of rotatable bonds is 5. The second-order valence-electron chi connectivity index (χ2n) is 4.29. The fourth-order valence-electron chi connectivity index (χ4n) is 1.81. The number of nitrogens with zero attached hydrogens (tertiary/aromatic N) is 2. The topological polar surface area (TPSA) is 96.0 Å². The molecule has 1 aromatic rings. The van der Waals surface area contributed by atoms with Gasteiger partial charge in [0.05, 0.1) is 11.4 Å². The molecule has 7 heteroatoms. The van der Waals surface area contributed by atoms with Gasteiger partial charge in [0, 0.05) is 6.54 Å². The van der Waals surface area contributed by atoms with Crippen LogP contribution in [0, 0.1) is 13.8 Å². The number of amidine groups is 1. The average molecular weight is 285 g/mol. The molecule has 0 unspecified atom stereocenters. The molecule has 0 saturated carbocycles. The van der Waals surface area contributed by atoms with E-state index in [1.165, 1.54) is 4.31 Å². The van der Waals surface area contributed by atoms with Crippen molar-refractivity contribution in [3.63, 3.8) is 0 Å². The minimum absolute atomic E-state index is 0.136. The second kappa shape index (κ2) is 6.03. The number of benzene rings is 1. The average Bonchev–Trinajstić information content (AvgIpc) is 2.34. The SMILES string of the molecule is CCN(CC(N)=NO)S(=O)(=O)c1ccc(C)cc1C. The number of hydrogen-bond acceptors (Lipinski definition) is 4. The normalized spacial score (nSPS) is 12.9. The zero-order chi connectivity index (χ0) is 14.6. The summed E-state index contributed by atoms with van der Waals surface area (Å²) < 4.78 is 26.1. The Balaban J connectivity index is 3.21. The van der Waals surface area contributed by atoms with Crippen molar-refractivity contribution >= 4 is 15.9 Å². The van der Waals surface area contributed by atoms with Crippen LogP contribution >= 0.6 is 0 Å². The van der Waals surface area contributed by atoms with Crippen molar-refractivity contribution in [2.45, 2.75) is 25.7 Å². The summed E-state index contributed by atoms with van der Waals surface area (Å²) in [7, 11) is -3.64. The summed E-state index contributed by atoms with van der Waals surface area (Å²) in [5, 5.41) is 11.4. The zero-order valence-corrected chi connectivity index (χ0v) is 12.1. The number of aryl methyl sites for hydroxylation is 2. The van der Waals surface area contributed by atoms with E-state index < -0.39 is 10.0 Å². The van der Waals surface area contributed by atoms with E-state index >= 15 is 0 Å². The molecule has 0 fully saturated rings. The van der Waals surface area contributed by atoms with Gasteiger partial charge < -0.3 is 10.9 Å². The molecule has 6 nitrogen and oxygen atoms in total. The van der Waals surface area contributed by atoms with Crippen LogP contribution < -0.4 is 5.73 Å². The van der Waals surface area contributed by atoms with Crippen molar-refractivity contribution in [1.29, 1.82) is 0 Å². The van der Waals surface area contributed by atoms with E-state index in [0.29, 0.717) is 5.56 Å². The lowest BCUT2D eigenvalue weighted by atomic mass is 10.2. The first-order valence-corrected chi connectivity index (χ1v) is 7.30. The Kier molecular flexibility index (Phi) is 4.90. The molecule has 19 heavy (non-hydrogen) atoms. The molecule has 0 bridgehead atoms. The molecule has 0 radical (unpaired) electrons. The number of nitrogens with two attached hydrogens (primary N) is 1. The van der Waals surface area contributed by atoms with E-state index in [1.807, 2.05) is 13.0 Å². The van der Waals surface area contributed by atoms with Crippen molar-refractivity contribution in [2.75, 3.05) is 13.1 Å². The van der Waals surface area contributed by atoms with E-state index in [-0.39, 0.29) is 23.8 Å². The van der Waals surface area contributed by atoms with Crippen molar-refractivity contribution in [3.8, 4) is 0 Å². The molecule has 1 aromatic carbocycles. The van der Waals surface area contributed by atoms with Crippen LogP contribution in [0.2, 0.25) is 0 Å². The van der Waals surface area contributed by atoms with Gasteiger partial charge in [-0.3, -0.25) is 0 Å². The molecule has 0 atom stereocenters. The van der Waals surface area contributed by atoms with Gasteiger partial charge in [0.15, 0.2) is 5.84 Å². The summed E-state index contributed by atoms with van der Waals surface area (Å²) in [5.74, 6) is -0.143. The van der Waals surface area contributed by atoms with Gasteiger partial charge in [-0.05, 0) is 25.5 Å². The van der Waals surface area contributed by atoms with Crippen molar-refractivity contribution in [3.05, 3.63) is 29.3 Å². The largest absolute Gasteiger partial charge is 0.409 e. The van der Waals surface area contributed by atoms with Gasteiger partial charge in [-0.2, -0.15) is 4.31 Å². The quantitative estimate of drug-likeness (QED) is 0.366. The lowest BCUT2D eigenvalue weighted by Gasteiger charge is -2.21. The van der Waals surface area contributed by atoms with Gasteiger partial charge >= 0.3 is 0 Å². The molecule has 0 aliphatic heterocycles. The van der Waals surface area contributed by atoms with Gasteiger partial charge in [-0.25, -0.2) is 8.42 Å². The Hall–Kier alpha value is -1.60. The van der Waals surface area contributed by atoms with Crippen molar-refractivity contribution in [1.82, 2.24) is 4.31 Å². The molecule has 0 aliphatic carbocycles. The zero-order valence-electron chi connectivity index (χ0n) is 11.3. The Morgan fingerprint density at radius 3 is 2.53 bits per heavy atom. The maximum atomic E-state index is 12.5. The van der Waals surface area contributed by atoms with Gasteiger partial charge in [0.25, 0.3) is 0 Å². The Bertz CT molecular complexity index is 582. The third-order valence-corrected chi connectivity index (χ3v) is 4.85. The van der Waals surface area contributed by atoms with E-state index in [1.54, 1.807) is 26.0 Å². The summed E-state index contributed by atoms with van der Waals surface area (Å²) in [5.41, 5.74) is 7.06. The number of sulfonamides is 1. The molecular formula is C12H19N3O3S. The van der Waals surface area contributed by atoms with E-state index in [2.05, 4.69) is 5.16 Å². The molecule has 0 saturated heterocycles. The van der Waals surface area contributed by atoms with Crippen LogP contribution in [0.25, 0.3) is 0 Å². The fraction of sp³-hybridized carbons (Fsp3) is 0.417. The molecule has 0 amide bonds. The van der Waals surface area contributed by atoms with Crippen molar-refractivity contribution < 1.29 is 13.6 Å². The highest BCUT2D eigenvalue weighted by molar-refractivity contribution is 7.89. The van der Waals surface area contributed by atoms with Crippen molar-refractivity contribution in [2.24, 2.45) is 10.9 Å². The number of likely N-dealkylation sites (N-methyl/N-ethyl adjacent to an activating group) is 1. The van der Waals surface area contributed by atoms with Gasteiger partial charge in [-0.15, -0.1) is 0 Å². The standard InChI is InChI=1S/C12H19N3O3S/c1-4-15(8-12(13)14-16)19(17,18)11-6-5-9(2)7-10(11)3/h5-7,16H,4,8H2,1-3H3,(H2,13,14). The summed E-state index contributed by atoms with van der Waals surface area (Å²) in [6.07, 6.45) is 0. The highest BCUT2D eigenvalue weighted by Crippen LogP contribution is 2.20. The van der Waals surface area contributed by atoms with Crippen LogP contribution in [0.1, 0.15) is 18.1 Å². The molecule has 3 N–H and O–H groups in total. The molecule has 1 rings (SSSR count). The fourth-order valence-corrected chi connectivity index (χ4v) is 3.43. The Morgan fingerprint density at radius 2 is 2.05 bits per heavy atom. The van der Waals surface area contributed by atoms with Crippen LogP contribution in [0.3, 0.4) is 0 Å². The molecule has 106 valence electrons. The minimum Gasteiger partial charge on any atom is -0.409 e. The maximum absolute atomic E-state index is 12.5. The van der Waals surface area contributed by atoms with Crippen LogP contribution in [-0.2, 0) is 10.0 Å². The van der Waals surface area contributed by atoms with Gasteiger partial charge in [-0.1, -0.05) is 29.8 Å². The molecule has 0 spiro atoms. The van der Waals surface area contributed by atoms with E-state index in [9.17, 15) is 8.42 Å². The van der Waals surface area contributed by atoms with Gasteiger partial charge in [0.1, 0.15) is 0 Å². The monoisotopic (exact) mass is 285 g/mol. The summed E-state index contributed by atoms with van der Waals surface area (Å²) in [4.78, 5) is 0.241. The van der Waals surface area contributed by atoms with Crippen LogP contribution in [0.15, 0.2) is 28.3 Å². The number of hydrogen-bond donors (Lipinski definition) is 2. The predicted molar refractivity (Wildman–Crippen MR) is 73.8 cm³/mol. The predicted octanol–water partition coefficient (Wildman–Crippen LogP) is 1.06. The third kappa shape index (κ3) is 3.45. The Morgan fingerprint density at radius 1 is 1.42 bits per heavy atom.